The first-order valence-electron chi connectivity index (χ1n) is 3.08. The van der Waals surface area contributed by atoms with E-state index in [0.717, 1.165) is 5.75 Å². The number of rotatable bonds is 5. The Morgan fingerprint density at radius 2 is 2.40 bits per heavy atom. The van der Waals surface area contributed by atoms with Crippen LogP contribution in [0.2, 0.25) is 0 Å². The minimum atomic E-state index is -0.396. The molecule has 0 unspecified atom stereocenters. The van der Waals surface area contributed by atoms with Crippen molar-refractivity contribution in [3.63, 3.8) is 0 Å². The predicted octanol–water partition coefficient (Wildman–Crippen LogP) is 1.73. The van der Waals surface area contributed by atoms with Crippen LogP contribution in [0, 0.1) is 5.53 Å². The van der Waals surface area contributed by atoms with Gasteiger partial charge in [0.05, 0.1) is 0 Å². The Labute approximate surface area is 65.1 Å². The molecule has 10 heavy (non-hydrogen) atoms. The van der Waals surface area contributed by atoms with E-state index in [1.54, 1.807) is 11.8 Å². The zero-order valence-corrected chi connectivity index (χ0v) is 7.07. The molecule has 0 radical (unpaired) electrons. The van der Waals surface area contributed by atoms with Gasteiger partial charge in [0.15, 0.2) is 5.78 Å². The van der Waals surface area contributed by atoms with Crippen LogP contribution in [0.25, 0.3) is 0 Å². The van der Waals surface area contributed by atoms with Crippen molar-refractivity contribution >= 4 is 17.5 Å². The average Bonchev–Trinajstić information content (AvgIpc) is 1.89. The predicted molar refractivity (Wildman–Crippen MR) is 42.6 cm³/mol. The summed E-state index contributed by atoms with van der Waals surface area (Å²) in [6, 6.07) is -0.396. The number of carbonyl (C=O) groups is 1. The number of hydrogen-bond donors (Lipinski definition) is 1. The highest BCUT2D eigenvalue weighted by Gasteiger charge is 2.10. The lowest BCUT2D eigenvalue weighted by Crippen LogP contribution is -2.14. The standard InChI is InChI=1S/C6H12N2OS/c1-5(9)6(8-7)3-4-10-2/h6-7H,3-4H2,1-2H3/t6-/m0/s1. The van der Waals surface area contributed by atoms with Crippen LogP contribution in [0.15, 0.2) is 5.11 Å². The summed E-state index contributed by atoms with van der Waals surface area (Å²) in [6.07, 6.45) is 2.67. The molecule has 0 fully saturated rings. The molecule has 1 N–H and O–H groups in total. The summed E-state index contributed by atoms with van der Waals surface area (Å²) >= 11 is 1.67. The second kappa shape index (κ2) is 5.41. The van der Waals surface area contributed by atoms with Crippen molar-refractivity contribution in [2.75, 3.05) is 12.0 Å². The number of hydrogen-bond acceptors (Lipinski definition) is 4. The van der Waals surface area contributed by atoms with Crippen LogP contribution in [0.1, 0.15) is 13.3 Å². The molecular weight excluding hydrogens is 148 g/mol. The van der Waals surface area contributed by atoms with Crippen LogP contribution in [-0.4, -0.2) is 23.8 Å². The molecule has 4 heteroatoms. The quantitative estimate of drug-likeness (QED) is 0.623. The smallest absolute Gasteiger partial charge is 0.156 e. The van der Waals surface area contributed by atoms with E-state index in [2.05, 4.69) is 5.11 Å². The first-order chi connectivity index (χ1) is 4.72. The van der Waals surface area contributed by atoms with Gasteiger partial charge in [-0.15, -0.1) is 0 Å². The van der Waals surface area contributed by atoms with Gasteiger partial charge in [-0.3, -0.25) is 4.79 Å². The van der Waals surface area contributed by atoms with Gasteiger partial charge in [0.25, 0.3) is 0 Å². The molecule has 0 aromatic rings. The highest BCUT2D eigenvalue weighted by atomic mass is 32.2. The Hall–Kier alpha value is -0.380. The van der Waals surface area contributed by atoms with Crippen LogP contribution in [0.4, 0.5) is 0 Å². The second-order valence-electron chi connectivity index (χ2n) is 2.04. The van der Waals surface area contributed by atoms with Crippen molar-refractivity contribution in [2.45, 2.75) is 19.4 Å². The fraction of sp³-hybridized carbons (Fsp3) is 0.833. The van der Waals surface area contributed by atoms with Gasteiger partial charge in [-0.25, -0.2) is 5.53 Å². The van der Waals surface area contributed by atoms with E-state index in [4.69, 9.17) is 5.53 Å². The third-order valence-corrected chi connectivity index (χ3v) is 1.86. The minimum Gasteiger partial charge on any atom is -0.298 e. The zero-order valence-electron chi connectivity index (χ0n) is 6.26. The van der Waals surface area contributed by atoms with E-state index in [0.29, 0.717) is 6.42 Å². The highest BCUT2D eigenvalue weighted by Crippen LogP contribution is 2.04. The van der Waals surface area contributed by atoms with E-state index in [1.807, 2.05) is 6.26 Å². The fourth-order valence-corrected chi connectivity index (χ4v) is 1.05. The molecule has 0 amide bonds. The van der Waals surface area contributed by atoms with Crippen molar-refractivity contribution in [3.05, 3.63) is 0 Å². The first-order valence-corrected chi connectivity index (χ1v) is 4.47. The minimum absolute atomic E-state index is 0.0101. The Morgan fingerprint density at radius 1 is 1.80 bits per heavy atom. The van der Waals surface area contributed by atoms with E-state index in [9.17, 15) is 4.79 Å². The molecule has 0 saturated heterocycles. The first kappa shape index (κ1) is 9.62. The number of nitrogens with one attached hydrogen (secondary N) is 1. The molecule has 0 spiro atoms. The molecule has 0 aliphatic heterocycles. The third kappa shape index (κ3) is 3.61. The number of Topliss-reactive ketones (excluding diaryl/α,β-unsaturated/α-hetero) is 1. The number of ketones is 1. The maximum atomic E-state index is 10.7. The molecule has 0 rings (SSSR count). The lowest BCUT2D eigenvalue weighted by molar-refractivity contribution is -0.118. The van der Waals surface area contributed by atoms with Gasteiger partial charge < -0.3 is 0 Å². The topological polar surface area (TPSA) is 53.3 Å². The van der Waals surface area contributed by atoms with Gasteiger partial charge >= 0.3 is 0 Å². The van der Waals surface area contributed by atoms with E-state index in [1.165, 1.54) is 6.92 Å². The van der Waals surface area contributed by atoms with Gasteiger partial charge in [0.1, 0.15) is 6.04 Å². The Kier molecular flexibility index (Phi) is 5.20. The molecule has 0 heterocycles. The summed E-state index contributed by atoms with van der Waals surface area (Å²) in [5.74, 6) is 0.885. The summed E-state index contributed by atoms with van der Waals surface area (Å²) in [5, 5.41) is 3.21. The van der Waals surface area contributed by atoms with E-state index in [-0.39, 0.29) is 5.78 Å². The molecule has 0 aliphatic carbocycles. The summed E-state index contributed by atoms with van der Waals surface area (Å²) in [5.41, 5.74) is 6.66. The fourth-order valence-electron chi connectivity index (χ4n) is 0.588. The van der Waals surface area contributed by atoms with Gasteiger partial charge in [-0.2, -0.15) is 16.9 Å². The summed E-state index contributed by atoms with van der Waals surface area (Å²) in [4.78, 5) is 10.7. The largest absolute Gasteiger partial charge is 0.298 e. The summed E-state index contributed by atoms with van der Waals surface area (Å²) in [7, 11) is 0. The summed E-state index contributed by atoms with van der Waals surface area (Å²) < 4.78 is 0. The van der Waals surface area contributed by atoms with E-state index >= 15 is 0 Å². The summed E-state index contributed by atoms with van der Waals surface area (Å²) in [6.45, 7) is 1.48. The number of nitrogens with zero attached hydrogens (tertiary/aromatic N) is 1. The van der Waals surface area contributed by atoms with Gasteiger partial charge in [0.2, 0.25) is 0 Å². The van der Waals surface area contributed by atoms with Crippen LogP contribution < -0.4 is 0 Å². The van der Waals surface area contributed by atoms with Crippen molar-refractivity contribution in [1.29, 1.82) is 5.53 Å². The molecule has 0 aromatic carbocycles. The molecule has 0 bridgehead atoms. The highest BCUT2D eigenvalue weighted by molar-refractivity contribution is 7.98. The SMILES string of the molecule is CSCC[C@H](N=N)C(C)=O. The lowest BCUT2D eigenvalue weighted by Gasteiger charge is -2.03. The average molecular weight is 160 g/mol. The molecule has 0 aromatic heterocycles. The molecule has 0 aliphatic rings. The third-order valence-electron chi connectivity index (χ3n) is 1.22. The maximum absolute atomic E-state index is 10.7. The lowest BCUT2D eigenvalue weighted by atomic mass is 10.2. The van der Waals surface area contributed by atoms with E-state index < -0.39 is 6.04 Å². The molecule has 1 atom stereocenters. The van der Waals surface area contributed by atoms with Crippen molar-refractivity contribution in [3.8, 4) is 0 Å². The Bertz CT molecular complexity index is 127. The Morgan fingerprint density at radius 3 is 2.70 bits per heavy atom. The van der Waals surface area contributed by atoms with Crippen LogP contribution in [0.3, 0.4) is 0 Å². The van der Waals surface area contributed by atoms with Crippen molar-refractivity contribution in [2.24, 2.45) is 5.11 Å². The van der Waals surface area contributed by atoms with Gasteiger partial charge in [-0.05, 0) is 25.4 Å². The monoisotopic (exact) mass is 160 g/mol. The number of thioether (sulfide) groups is 1. The van der Waals surface area contributed by atoms with Crippen LogP contribution in [0.5, 0.6) is 0 Å². The molecule has 0 saturated carbocycles. The normalized spacial score (nSPS) is 12.6. The molecular formula is C6H12N2OS. The number of carbonyl (C=O) groups excluding carboxylic acids is 1. The van der Waals surface area contributed by atoms with Gasteiger partial charge in [-0.1, -0.05) is 0 Å². The van der Waals surface area contributed by atoms with Gasteiger partial charge in [0, 0.05) is 0 Å². The maximum Gasteiger partial charge on any atom is 0.156 e. The van der Waals surface area contributed by atoms with Crippen molar-refractivity contribution < 1.29 is 4.79 Å². The molecule has 3 nitrogen and oxygen atoms in total. The molecule has 58 valence electrons. The van der Waals surface area contributed by atoms with Crippen LogP contribution in [-0.2, 0) is 4.79 Å². The van der Waals surface area contributed by atoms with Crippen LogP contribution >= 0.6 is 11.8 Å². The Balaban J connectivity index is 3.60. The van der Waals surface area contributed by atoms with Crippen molar-refractivity contribution in [1.82, 2.24) is 0 Å². The zero-order chi connectivity index (χ0) is 7.98. The second-order valence-corrected chi connectivity index (χ2v) is 3.02.